The fraction of sp³-hybridized carbons (Fsp3) is 0.444. The van der Waals surface area contributed by atoms with E-state index in [2.05, 4.69) is 19.2 Å². The number of rotatable bonds is 4. The van der Waals surface area contributed by atoms with Crippen molar-refractivity contribution in [1.29, 1.82) is 0 Å². The molecule has 0 aliphatic carbocycles. The molecule has 0 fully saturated rings. The van der Waals surface area contributed by atoms with Crippen LogP contribution in [-0.2, 0) is 0 Å². The van der Waals surface area contributed by atoms with Crippen LogP contribution < -0.4 is 11.1 Å². The molecule has 8 heteroatoms. The molecule has 26 heavy (non-hydrogen) atoms. The maximum atomic E-state index is 11.3. The topological polar surface area (TPSA) is 92.4 Å². The van der Waals surface area contributed by atoms with Gasteiger partial charge in [-0.15, -0.1) is 35.1 Å². The summed E-state index contributed by atoms with van der Waals surface area (Å²) in [7, 11) is 0. The summed E-state index contributed by atoms with van der Waals surface area (Å²) in [6.45, 7) is 8.21. The van der Waals surface area contributed by atoms with Crippen molar-refractivity contribution < 1.29 is 14.7 Å². The van der Waals surface area contributed by atoms with Gasteiger partial charge in [-0.05, 0) is 34.7 Å². The van der Waals surface area contributed by atoms with E-state index in [1.165, 1.54) is 16.2 Å². The summed E-state index contributed by atoms with van der Waals surface area (Å²) in [4.78, 5) is 24.1. The number of carboxylic acids is 1. The highest BCUT2D eigenvalue weighted by Crippen LogP contribution is 2.34. The molecular weight excluding hydrogens is 392 g/mol. The van der Waals surface area contributed by atoms with Gasteiger partial charge in [0.2, 0.25) is 0 Å². The summed E-state index contributed by atoms with van der Waals surface area (Å²) >= 11 is 3.08. The average Bonchev–Trinajstić information content (AvgIpc) is 3.24. The first kappa shape index (κ1) is 22.6. The predicted molar refractivity (Wildman–Crippen MR) is 110 cm³/mol. The van der Waals surface area contributed by atoms with Crippen LogP contribution in [0, 0.1) is 11.8 Å². The molecule has 2 atom stereocenters. The maximum Gasteiger partial charge on any atom is 0.336 e. The maximum absolute atomic E-state index is 11.3. The molecule has 5 nitrogen and oxygen atoms in total. The molecule has 144 valence electrons. The highest BCUT2D eigenvalue weighted by molar-refractivity contribution is 7.10. The van der Waals surface area contributed by atoms with Crippen LogP contribution in [0.15, 0.2) is 22.9 Å². The van der Waals surface area contributed by atoms with Gasteiger partial charge in [0, 0.05) is 15.8 Å². The number of thiophene rings is 2. The van der Waals surface area contributed by atoms with Gasteiger partial charge in [0.1, 0.15) is 0 Å². The summed E-state index contributed by atoms with van der Waals surface area (Å²) < 4.78 is 0. The van der Waals surface area contributed by atoms with Crippen LogP contribution in [0.3, 0.4) is 0 Å². The van der Waals surface area contributed by atoms with Crippen LogP contribution >= 0.6 is 35.1 Å². The van der Waals surface area contributed by atoms with Crippen LogP contribution in [0.2, 0.25) is 0 Å². The van der Waals surface area contributed by atoms with Crippen molar-refractivity contribution in [1.82, 2.24) is 5.32 Å². The van der Waals surface area contributed by atoms with Gasteiger partial charge in [-0.2, -0.15) is 0 Å². The number of hydrogen-bond acceptors (Lipinski definition) is 5. The Bertz CT molecular complexity index is 755. The van der Waals surface area contributed by atoms with Crippen LogP contribution in [0.4, 0.5) is 0 Å². The molecule has 4 N–H and O–H groups in total. The fourth-order valence-corrected chi connectivity index (χ4v) is 4.74. The molecule has 0 saturated carbocycles. The lowest BCUT2D eigenvalue weighted by Gasteiger charge is -2.14. The number of carbonyl (C=O) groups is 2. The predicted octanol–water partition coefficient (Wildman–Crippen LogP) is 4.71. The highest BCUT2D eigenvalue weighted by Gasteiger charge is 2.31. The molecule has 0 radical (unpaired) electrons. The van der Waals surface area contributed by atoms with Crippen LogP contribution in [0.25, 0.3) is 0 Å². The fourth-order valence-electron chi connectivity index (χ4n) is 2.56. The van der Waals surface area contributed by atoms with Crippen LogP contribution in [0.5, 0.6) is 0 Å². The quantitative estimate of drug-likeness (QED) is 0.672. The van der Waals surface area contributed by atoms with Crippen molar-refractivity contribution in [2.24, 2.45) is 17.6 Å². The summed E-state index contributed by atoms with van der Waals surface area (Å²) in [5, 5.41) is 15.6. The molecule has 1 aliphatic heterocycles. The third kappa shape index (κ3) is 4.85. The zero-order valence-corrected chi connectivity index (χ0v) is 17.6. The summed E-state index contributed by atoms with van der Waals surface area (Å²) in [6.07, 6.45) is 0. The van der Waals surface area contributed by atoms with Crippen molar-refractivity contribution in [2.45, 2.75) is 39.8 Å². The molecule has 3 rings (SSSR count). The second-order valence-electron chi connectivity index (χ2n) is 6.67. The third-order valence-corrected chi connectivity index (χ3v) is 6.14. The van der Waals surface area contributed by atoms with Gasteiger partial charge in [0.05, 0.1) is 17.2 Å². The Morgan fingerprint density at radius 1 is 1.19 bits per heavy atom. The first-order chi connectivity index (χ1) is 11.7. The normalized spacial score (nSPS) is 16.4. The molecule has 0 bridgehead atoms. The monoisotopic (exact) mass is 416 g/mol. The molecule has 0 saturated heterocycles. The number of hydrogen-bond donors (Lipinski definition) is 3. The number of carboxylic acid groups (broad SMARTS) is 1. The lowest BCUT2D eigenvalue weighted by molar-refractivity contribution is 0.0695. The Morgan fingerprint density at radius 2 is 1.81 bits per heavy atom. The molecule has 0 aromatic carbocycles. The lowest BCUT2D eigenvalue weighted by Crippen LogP contribution is -2.22. The Morgan fingerprint density at radius 3 is 2.35 bits per heavy atom. The van der Waals surface area contributed by atoms with Crippen molar-refractivity contribution in [3.05, 3.63) is 43.8 Å². The van der Waals surface area contributed by atoms with Gasteiger partial charge in [-0.1, -0.05) is 27.7 Å². The lowest BCUT2D eigenvalue weighted by atomic mass is 10.0. The molecule has 2 unspecified atom stereocenters. The van der Waals surface area contributed by atoms with Gasteiger partial charge < -0.3 is 16.2 Å². The van der Waals surface area contributed by atoms with Gasteiger partial charge in [-0.3, -0.25) is 4.79 Å². The highest BCUT2D eigenvalue weighted by atomic mass is 35.5. The third-order valence-electron chi connectivity index (χ3n) is 4.12. The van der Waals surface area contributed by atoms with Crippen molar-refractivity contribution in [3.8, 4) is 0 Å². The van der Waals surface area contributed by atoms with E-state index in [1.807, 2.05) is 25.3 Å². The number of amides is 1. The first-order valence-electron chi connectivity index (χ1n) is 8.18. The SMILES string of the molecule is CC(C)C(N)c1sccc1C(=O)O.CC(C)C1NC(=O)c2ccsc21.Cl. The summed E-state index contributed by atoms with van der Waals surface area (Å²) in [5.41, 5.74) is 7.08. The van der Waals surface area contributed by atoms with Crippen molar-refractivity contribution >= 4 is 47.0 Å². The first-order valence-corrected chi connectivity index (χ1v) is 9.94. The number of fused-ring (bicyclic) bond motifs is 1. The molecular formula is C18H25ClN2O3S2. The van der Waals surface area contributed by atoms with E-state index < -0.39 is 5.97 Å². The minimum absolute atomic E-state index is 0. The number of nitrogens with one attached hydrogen (secondary N) is 1. The van der Waals surface area contributed by atoms with E-state index in [9.17, 15) is 9.59 Å². The molecule has 2 aromatic heterocycles. The largest absolute Gasteiger partial charge is 0.478 e. The van der Waals surface area contributed by atoms with E-state index in [0.717, 1.165) is 10.4 Å². The van der Waals surface area contributed by atoms with Crippen molar-refractivity contribution in [3.63, 3.8) is 0 Å². The zero-order chi connectivity index (χ0) is 18.7. The summed E-state index contributed by atoms with van der Waals surface area (Å²) in [6, 6.07) is 3.57. The average molecular weight is 417 g/mol. The number of aromatic carboxylic acids is 1. The second kappa shape index (κ2) is 9.50. The Hall–Kier alpha value is -1.41. The van der Waals surface area contributed by atoms with Gasteiger partial charge in [-0.25, -0.2) is 4.79 Å². The Labute approximate surface area is 168 Å². The van der Waals surface area contributed by atoms with Crippen molar-refractivity contribution in [2.75, 3.05) is 0 Å². The molecule has 3 heterocycles. The molecule has 2 aromatic rings. The number of nitrogens with two attached hydrogens (primary N) is 1. The van der Waals surface area contributed by atoms with Gasteiger partial charge in [0.25, 0.3) is 5.91 Å². The standard InChI is InChI=1S/C9H13NO2S.C9H11NOS.ClH/c1-5(2)7(10)8-6(9(11)12)3-4-13-8;1-5(2)7-8-6(3-4-12-8)9(11)10-7;/h3-5,7H,10H2,1-2H3,(H,11,12);3-5,7H,1-2H3,(H,10,11);1H. The Kier molecular flexibility index (Phi) is 8.27. The van der Waals surface area contributed by atoms with E-state index in [-0.39, 0.29) is 36.3 Å². The van der Waals surface area contributed by atoms with Gasteiger partial charge >= 0.3 is 5.97 Å². The van der Waals surface area contributed by atoms with E-state index in [1.54, 1.807) is 22.8 Å². The van der Waals surface area contributed by atoms with E-state index in [4.69, 9.17) is 10.8 Å². The minimum Gasteiger partial charge on any atom is -0.478 e. The zero-order valence-electron chi connectivity index (χ0n) is 15.2. The van der Waals surface area contributed by atoms with Crippen LogP contribution in [-0.4, -0.2) is 17.0 Å². The second-order valence-corrected chi connectivity index (χ2v) is 8.56. The molecule has 1 aliphatic rings. The molecule has 0 spiro atoms. The number of carbonyl (C=O) groups excluding carboxylic acids is 1. The smallest absolute Gasteiger partial charge is 0.336 e. The van der Waals surface area contributed by atoms with E-state index in [0.29, 0.717) is 11.5 Å². The summed E-state index contributed by atoms with van der Waals surface area (Å²) in [5.74, 6) is -0.0668. The van der Waals surface area contributed by atoms with E-state index >= 15 is 0 Å². The minimum atomic E-state index is -0.896. The Balaban J connectivity index is 0.000000251. The molecule has 1 amide bonds. The number of halogens is 1. The van der Waals surface area contributed by atoms with Gasteiger partial charge in [0.15, 0.2) is 0 Å². The van der Waals surface area contributed by atoms with Crippen LogP contribution in [0.1, 0.15) is 70.2 Å².